The van der Waals surface area contributed by atoms with Crippen LogP contribution in [0.15, 0.2) is 91.0 Å². The molecular weight excluding hydrogens is 578 g/mol. The van der Waals surface area contributed by atoms with E-state index in [4.69, 9.17) is 0 Å². The summed E-state index contributed by atoms with van der Waals surface area (Å²) in [5.74, 6) is 0. The van der Waals surface area contributed by atoms with E-state index in [2.05, 4.69) is 97.9 Å². The monoisotopic (exact) mass is 628 g/mol. The average molecular weight is 629 g/mol. The van der Waals surface area contributed by atoms with Crippen LogP contribution in [0.2, 0.25) is 0 Å². The number of rotatable bonds is 19. The summed E-state index contributed by atoms with van der Waals surface area (Å²) in [7, 11) is -1.64. The Kier molecular flexibility index (Phi) is 17.2. The molecule has 37 heavy (non-hydrogen) atoms. The highest BCUT2D eigenvalue weighted by Crippen LogP contribution is 2.56. The maximum Gasteiger partial charge on any atom is 0.112 e. The van der Waals surface area contributed by atoms with Crippen LogP contribution in [0.5, 0.6) is 0 Å². The Labute approximate surface area is 246 Å². The first-order valence-corrected chi connectivity index (χ1v) is 16.9. The van der Waals surface area contributed by atoms with Crippen LogP contribution in [0.4, 0.5) is 0 Å². The number of hydrogen-bond acceptors (Lipinski definition) is 0. The average Bonchev–Trinajstić information content (AvgIpc) is 2.94. The number of hydrogen-bond donors (Lipinski definition) is 0. The molecule has 0 saturated heterocycles. The van der Waals surface area contributed by atoms with E-state index in [0.717, 1.165) is 0 Å². The van der Waals surface area contributed by atoms with Crippen molar-refractivity contribution in [1.82, 2.24) is 0 Å². The van der Waals surface area contributed by atoms with Crippen molar-refractivity contribution in [1.29, 1.82) is 0 Å². The normalized spacial score (nSPS) is 11.3. The van der Waals surface area contributed by atoms with E-state index in [-0.39, 0.29) is 24.0 Å². The van der Waals surface area contributed by atoms with Gasteiger partial charge in [-0.3, -0.25) is 0 Å². The molecule has 0 saturated carbocycles. The summed E-state index contributed by atoms with van der Waals surface area (Å²) in [5.41, 5.74) is 0. The summed E-state index contributed by atoms with van der Waals surface area (Å²) in [6.45, 7) is 2.30. The molecule has 0 fully saturated rings. The summed E-state index contributed by atoms with van der Waals surface area (Å²) in [6.07, 6.45) is 22.5. The zero-order valence-electron chi connectivity index (χ0n) is 23.3. The molecule has 2 heteroatoms. The molecule has 0 amide bonds. The van der Waals surface area contributed by atoms with Gasteiger partial charge in [0.05, 0.1) is 6.16 Å². The van der Waals surface area contributed by atoms with Crippen LogP contribution in [0.25, 0.3) is 0 Å². The van der Waals surface area contributed by atoms with Gasteiger partial charge in [0.25, 0.3) is 0 Å². The fraction of sp³-hybridized carbons (Fsp3) is 0.486. The van der Waals surface area contributed by atoms with Crippen LogP contribution in [0.1, 0.15) is 103 Å². The van der Waals surface area contributed by atoms with Crippen LogP contribution in [-0.2, 0) is 0 Å². The second kappa shape index (κ2) is 19.8. The van der Waals surface area contributed by atoms with E-state index < -0.39 is 7.26 Å². The highest BCUT2D eigenvalue weighted by Gasteiger charge is 2.44. The first-order valence-electron chi connectivity index (χ1n) is 14.9. The molecule has 0 N–H and O–H groups in total. The van der Waals surface area contributed by atoms with Gasteiger partial charge in [-0.1, -0.05) is 145 Å². The summed E-state index contributed by atoms with van der Waals surface area (Å²) in [4.78, 5) is 0. The van der Waals surface area contributed by atoms with Gasteiger partial charge in [0.1, 0.15) is 23.2 Å². The van der Waals surface area contributed by atoms with Crippen LogP contribution >= 0.6 is 7.26 Å². The molecular formula is C35H50IP. The van der Waals surface area contributed by atoms with Crippen LogP contribution < -0.4 is 39.9 Å². The Morgan fingerprint density at radius 2 is 0.649 bits per heavy atom. The van der Waals surface area contributed by atoms with Crippen molar-refractivity contribution < 1.29 is 24.0 Å². The molecule has 0 aliphatic carbocycles. The molecule has 0 aliphatic rings. The van der Waals surface area contributed by atoms with Gasteiger partial charge in [0.15, 0.2) is 0 Å². The predicted molar refractivity (Wildman–Crippen MR) is 165 cm³/mol. The highest BCUT2D eigenvalue weighted by atomic mass is 127. The van der Waals surface area contributed by atoms with Crippen molar-refractivity contribution in [3.05, 3.63) is 91.0 Å². The molecule has 0 bridgehead atoms. The van der Waals surface area contributed by atoms with E-state index in [1.54, 1.807) is 0 Å². The third-order valence-corrected chi connectivity index (χ3v) is 12.2. The summed E-state index contributed by atoms with van der Waals surface area (Å²) >= 11 is 0. The third kappa shape index (κ3) is 10.8. The van der Waals surface area contributed by atoms with Gasteiger partial charge < -0.3 is 24.0 Å². The Bertz CT molecular complexity index is 813. The van der Waals surface area contributed by atoms with E-state index in [9.17, 15) is 0 Å². The number of unbranched alkanes of at least 4 members (excludes halogenated alkanes) is 14. The maximum absolute atomic E-state index is 2.37. The minimum absolute atomic E-state index is 0. The van der Waals surface area contributed by atoms with Gasteiger partial charge in [0.2, 0.25) is 0 Å². The van der Waals surface area contributed by atoms with Gasteiger partial charge in [-0.05, 0) is 49.2 Å². The first kappa shape index (κ1) is 32.0. The lowest BCUT2D eigenvalue weighted by molar-refractivity contribution is -0.00000740. The quantitative estimate of drug-likeness (QED) is 0.0774. The molecule has 3 aromatic rings. The topological polar surface area (TPSA) is 0 Å². The van der Waals surface area contributed by atoms with E-state index in [0.29, 0.717) is 0 Å². The largest absolute Gasteiger partial charge is 1.00 e. The first-order chi connectivity index (χ1) is 17.9. The van der Waals surface area contributed by atoms with Gasteiger partial charge in [0, 0.05) is 0 Å². The van der Waals surface area contributed by atoms with Crippen molar-refractivity contribution in [2.75, 3.05) is 6.16 Å². The Hall–Kier alpha value is -1.18. The molecule has 0 nitrogen and oxygen atoms in total. The van der Waals surface area contributed by atoms with Crippen molar-refractivity contribution in [3.63, 3.8) is 0 Å². The molecule has 3 aromatic carbocycles. The van der Waals surface area contributed by atoms with E-state index >= 15 is 0 Å². The maximum atomic E-state index is 2.37. The van der Waals surface area contributed by atoms with Gasteiger partial charge in [-0.25, -0.2) is 0 Å². The van der Waals surface area contributed by atoms with E-state index in [1.165, 1.54) is 118 Å². The molecule has 0 spiro atoms. The van der Waals surface area contributed by atoms with Crippen molar-refractivity contribution in [3.8, 4) is 0 Å². The molecule has 202 valence electrons. The lowest BCUT2D eigenvalue weighted by atomic mass is 10.0. The Balaban J connectivity index is 0.00000481. The lowest BCUT2D eigenvalue weighted by Gasteiger charge is -2.27. The molecule has 0 atom stereocenters. The predicted octanol–water partition coefficient (Wildman–Crippen LogP) is 6.86. The van der Waals surface area contributed by atoms with Crippen molar-refractivity contribution >= 4 is 23.2 Å². The molecule has 0 aliphatic heterocycles. The van der Waals surface area contributed by atoms with Gasteiger partial charge in [-0.15, -0.1) is 0 Å². The molecule has 0 aromatic heterocycles. The van der Waals surface area contributed by atoms with Gasteiger partial charge >= 0.3 is 0 Å². The second-order valence-electron chi connectivity index (χ2n) is 10.5. The lowest BCUT2D eigenvalue weighted by Crippen LogP contribution is -3.00. The molecule has 0 radical (unpaired) electrons. The van der Waals surface area contributed by atoms with Crippen molar-refractivity contribution in [2.24, 2.45) is 0 Å². The smallest absolute Gasteiger partial charge is 0.112 e. The van der Waals surface area contributed by atoms with Crippen LogP contribution in [-0.4, -0.2) is 6.16 Å². The standard InChI is InChI=1S/C35H50P.HI/c1-2-3-4-5-6-7-8-9-10-11-12-13-14-15-25-32-36(33-26-19-16-20-27-33,34-28-21-17-22-29-34)35-30-23-18-24-31-35;/h16-24,26-31H,2-15,25,32H2,1H3;1H/q+1;/p-1. The zero-order chi connectivity index (χ0) is 25.2. The molecule has 0 heterocycles. The highest BCUT2D eigenvalue weighted by molar-refractivity contribution is 7.95. The zero-order valence-corrected chi connectivity index (χ0v) is 26.4. The van der Waals surface area contributed by atoms with Crippen LogP contribution in [0.3, 0.4) is 0 Å². The summed E-state index contributed by atoms with van der Waals surface area (Å²) in [5, 5.41) is 4.56. The summed E-state index contributed by atoms with van der Waals surface area (Å²) < 4.78 is 0. The second-order valence-corrected chi connectivity index (χ2v) is 14.1. The molecule has 0 unspecified atom stereocenters. The Morgan fingerprint density at radius 1 is 0.378 bits per heavy atom. The summed E-state index contributed by atoms with van der Waals surface area (Å²) in [6, 6.07) is 34.1. The minimum atomic E-state index is -1.64. The van der Waals surface area contributed by atoms with Crippen molar-refractivity contribution in [2.45, 2.75) is 103 Å². The Morgan fingerprint density at radius 3 is 0.946 bits per heavy atom. The van der Waals surface area contributed by atoms with Crippen LogP contribution in [0, 0.1) is 0 Å². The fourth-order valence-electron chi connectivity index (χ4n) is 5.60. The third-order valence-electron chi connectivity index (χ3n) is 7.69. The SMILES string of the molecule is CCCCCCCCCCCCCCCCC[P+](c1ccccc1)(c1ccccc1)c1ccccc1.[I-]. The number of halogens is 1. The van der Waals surface area contributed by atoms with E-state index in [1.807, 2.05) is 0 Å². The molecule has 3 rings (SSSR count). The van der Waals surface area contributed by atoms with Gasteiger partial charge in [-0.2, -0.15) is 0 Å². The number of benzene rings is 3. The fourth-order valence-corrected chi connectivity index (χ4v) is 10.0. The minimum Gasteiger partial charge on any atom is -1.00 e.